The molecule has 0 amide bonds. The van der Waals surface area contributed by atoms with Crippen LogP contribution in [0.5, 0.6) is 5.75 Å². The van der Waals surface area contributed by atoms with E-state index in [1.165, 1.54) is 16.3 Å². The zero-order valence-electron chi connectivity index (χ0n) is 15.5. The van der Waals surface area contributed by atoms with Crippen LogP contribution < -0.4 is 10.1 Å². The normalized spacial score (nSPS) is 22.4. The smallest absolute Gasteiger partial charge is 0.275 e. The van der Waals surface area contributed by atoms with E-state index in [0.29, 0.717) is 5.75 Å². The van der Waals surface area contributed by atoms with Crippen molar-refractivity contribution < 1.29 is 9.66 Å². The number of ether oxygens (including phenoxy) is 1. The molecule has 0 spiro atoms. The predicted octanol–water partition coefficient (Wildman–Crippen LogP) is 5.58. The Morgan fingerprint density at radius 2 is 1.93 bits per heavy atom. The number of methoxy groups -OCH3 is 1. The molecule has 1 aliphatic heterocycles. The third-order valence-corrected chi connectivity index (χ3v) is 6.01. The van der Waals surface area contributed by atoms with Crippen LogP contribution in [0.4, 0.5) is 11.4 Å². The highest BCUT2D eigenvalue weighted by Crippen LogP contribution is 2.55. The molecule has 0 aromatic heterocycles. The van der Waals surface area contributed by atoms with Gasteiger partial charge in [-0.2, -0.15) is 0 Å². The van der Waals surface area contributed by atoms with Crippen LogP contribution >= 0.6 is 0 Å². The molecule has 5 nitrogen and oxygen atoms in total. The first-order chi connectivity index (χ1) is 13.7. The molecule has 28 heavy (non-hydrogen) atoms. The van der Waals surface area contributed by atoms with E-state index < -0.39 is 0 Å². The maximum atomic E-state index is 11.7. The average Bonchev–Trinajstić information content (AvgIpc) is 3.21. The number of rotatable bonds is 3. The van der Waals surface area contributed by atoms with Crippen LogP contribution in [0.25, 0.3) is 10.8 Å². The second-order valence-electron chi connectivity index (χ2n) is 7.41. The summed E-state index contributed by atoms with van der Waals surface area (Å²) in [5.41, 5.74) is 2.82. The maximum Gasteiger partial charge on any atom is 0.275 e. The van der Waals surface area contributed by atoms with E-state index in [4.69, 9.17) is 4.74 Å². The van der Waals surface area contributed by atoms with Crippen molar-refractivity contribution >= 4 is 22.1 Å². The van der Waals surface area contributed by atoms with E-state index in [2.05, 4.69) is 47.8 Å². The minimum absolute atomic E-state index is 0.00298. The van der Waals surface area contributed by atoms with Crippen molar-refractivity contribution in [2.75, 3.05) is 12.4 Å². The van der Waals surface area contributed by atoms with Gasteiger partial charge in [-0.25, -0.2) is 0 Å². The van der Waals surface area contributed by atoms with Gasteiger partial charge in [-0.05, 0) is 40.8 Å². The number of nitro groups is 1. The summed E-state index contributed by atoms with van der Waals surface area (Å²) < 4.78 is 5.54. The van der Waals surface area contributed by atoms with Gasteiger partial charge in [0.1, 0.15) is 5.75 Å². The summed E-state index contributed by atoms with van der Waals surface area (Å²) in [6, 6.07) is 18.1. The number of nitro benzene ring substituents is 1. The zero-order chi connectivity index (χ0) is 19.3. The fourth-order valence-electron chi connectivity index (χ4n) is 4.72. The molecule has 3 atom stereocenters. The van der Waals surface area contributed by atoms with Gasteiger partial charge in [0.15, 0.2) is 0 Å². The molecule has 0 saturated heterocycles. The molecule has 0 fully saturated rings. The average molecular weight is 372 g/mol. The van der Waals surface area contributed by atoms with Crippen molar-refractivity contribution in [2.24, 2.45) is 5.92 Å². The third kappa shape index (κ3) is 2.47. The van der Waals surface area contributed by atoms with Crippen LogP contribution in [-0.2, 0) is 0 Å². The minimum atomic E-state index is -0.292. The fourth-order valence-corrected chi connectivity index (χ4v) is 4.72. The molecule has 3 aromatic carbocycles. The van der Waals surface area contributed by atoms with Gasteiger partial charge in [-0.1, -0.05) is 48.6 Å². The summed E-state index contributed by atoms with van der Waals surface area (Å²) in [4.78, 5) is 11.4. The maximum absolute atomic E-state index is 11.7. The topological polar surface area (TPSA) is 64.4 Å². The molecule has 140 valence electrons. The van der Waals surface area contributed by atoms with Gasteiger partial charge in [0.05, 0.1) is 29.3 Å². The molecule has 0 bridgehead atoms. The van der Waals surface area contributed by atoms with Gasteiger partial charge in [-0.15, -0.1) is 0 Å². The standard InChI is InChI=1S/C23H20N2O3/c1-28-20-12-11-19(25(26)27)21-17-7-4-8-18(17)22(24-23(20)21)16-10-9-14-5-2-3-6-15(14)13-16/h2-7,9-13,17-18,22,24H,8H2,1H3. The summed E-state index contributed by atoms with van der Waals surface area (Å²) in [5.74, 6) is 0.882. The van der Waals surface area contributed by atoms with Crippen LogP contribution in [0.15, 0.2) is 66.7 Å². The lowest BCUT2D eigenvalue weighted by molar-refractivity contribution is -0.385. The lowest BCUT2D eigenvalue weighted by atomic mass is 9.76. The number of nitrogens with one attached hydrogen (secondary N) is 1. The Hall–Kier alpha value is -3.34. The van der Waals surface area contributed by atoms with E-state index in [1.807, 2.05) is 12.1 Å². The van der Waals surface area contributed by atoms with Crippen molar-refractivity contribution in [1.82, 2.24) is 0 Å². The first-order valence-electron chi connectivity index (χ1n) is 9.44. The highest BCUT2D eigenvalue weighted by molar-refractivity contribution is 5.83. The van der Waals surface area contributed by atoms with Crippen molar-refractivity contribution in [1.29, 1.82) is 0 Å². The Labute approximate surface area is 162 Å². The van der Waals surface area contributed by atoms with E-state index in [-0.39, 0.29) is 28.5 Å². The Morgan fingerprint density at radius 1 is 1.11 bits per heavy atom. The molecule has 0 saturated carbocycles. The summed E-state index contributed by atoms with van der Waals surface area (Å²) in [6.45, 7) is 0. The molecule has 1 N–H and O–H groups in total. The van der Waals surface area contributed by atoms with Gasteiger partial charge < -0.3 is 10.1 Å². The lowest BCUT2D eigenvalue weighted by Crippen LogP contribution is -2.30. The summed E-state index contributed by atoms with van der Waals surface area (Å²) in [7, 11) is 1.60. The number of nitrogens with zero attached hydrogens (tertiary/aromatic N) is 1. The molecule has 2 aliphatic rings. The van der Waals surface area contributed by atoms with E-state index in [9.17, 15) is 10.1 Å². The van der Waals surface area contributed by atoms with Gasteiger partial charge in [0, 0.05) is 12.0 Å². The van der Waals surface area contributed by atoms with Crippen molar-refractivity contribution in [3.63, 3.8) is 0 Å². The van der Waals surface area contributed by atoms with Gasteiger partial charge in [-0.3, -0.25) is 10.1 Å². The monoisotopic (exact) mass is 372 g/mol. The molecular formula is C23H20N2O3. The molecule has 0 radical (unpaired) electrons. The SMILES string of the molecule is COc1ccc([N+](=O)[O-])c2c1NC(c1ccc3ccccc3c1)C1CC=CC21. The number of fused-ring (bicyclic) bond motifs is 4. The van der Waals surface area contributed by atoms with Gasteiger partial charge >= 0.3 is 0 Å². The molecular weight excluding hydrogens is 352 g/mol. The highest BCUT2D eigenvalue weighted by atomic mass is 16.6. The first-order valence-corrected chi connectivity index (χ1v) is 9.44. The van der Waals surface area contributed by atoms with Crippen LogP contribution in [0.1, 0.15) is 29.5 Å². The van der Waals surface area contributed by atoms with Crippen LogP contribution in [0.2, 0.25) is 0 Å². The quantitative estimate of drug-likeness (QED) is 0.370. The number of anilines is 1. The van der Waals surface area contributed by atoms with E-state index in [0.717, 1.165) is 17.7 Å². The minimum Gasteiger partial charge on any atom is -0.495 e. The predicted molar refractivity (Wildman–Crippen MR) is 110 cm³/mol. The Kier molecular flexibility index (Phi) is 3.83. The number of benzene rings is 3. The summed E-state index contributed by atoms with van der Waals surface area (Å²) in [5, 5.41) is 17.7. The van der Waals surface area contributed by atoms with Crippen LogP contribution in [-0.4, -0.2) is 12.0 Å². The summed E-state index contributed by atoms with van der Waals surface area (Å²) >= 11 is 0. The molecule has 3 aromatic rings. The van der Waals surface area contributed by atoms with Crippen molar-refractivity contribution in [2.45, 2.75) is 18.4 Å². The largest absolute Gasteiger partial charge is 0.495 e. The molecule has 5 heteroatoms. The Morgan fingerprint density at radius 3 is 2.71 bits per heavy atom. The molecule has 1 heterocycles. The first kappa shape index (κ1) is 16.8. The lowest BCUT2D eigenvalue weighted by Gasteiger charge is -2.37. The summed E-state index contributed by atoms with van der Waals surface area (Å²) in [6.07, 6.45) is 5.15. The Balaban J connectivity index is 1.67. The van der Waals surface area contributed by atoms with Crippen LogP contribution in [0, 0.1) is 16.0 Å². The number of allylic oxidation sites excluding steroid dienone is 2. The highest BCUT2D eigenvalue weighted by Gasteiger charge is 2.42. The Bertz CT molecular complexity index is 1120. The zero-order valence-corrected chi connectivity index (χ0v) is 15.5. The van der Waals surface area contributed by atoms with E-state index >= 15 is 0 Å². The number of hydrogen-bond acceptors (Lipinski definition) is 4. The second kappa shape index (κ2) is 6.37. The molecule has 3 unspecified atom stereocenters. The van der Waals surface area contributed by atoms with E-state index in [1.54, 1.807) is 19.2 Å². The second-order valence-corrected chi connectivity index (χ2v) is 7.41. The third-order valence-electron chi connectivity index (χ3n) is 6.01. The fraction of sp³-hybridized carbons (Fsp3) is 0.217. The van der Waals surface area contributed by atoms with Gasteiger partial charge in [0.2, 0.25) is 0 Å². The van der Waals surface area contributed by atoms with Crippen LogP contribution in [0.3, 0.4) is 0 Å². The molecule has 1 aliphatic carbocycles. The van der Waals surface area contributed by atoms with Crippen molar-refractivity contribution in [3.8, 4) is 5.75 Å². The molecule has 5 rings (SSSR count). The van der Waals surface area contributed by atoms with Crippen molar-refractivity contribution in [3.05, 3.63) is 88.0 Å². The number of hydrogen-bond donors (Lipinski definition) is 1. The van der Waals surface area contributed by atoms with Gasteiger partial charge in [0.25, 0.3) is 5.69 Å².